The largest absolute Gasteiger partial charge is 0.378 e. The molecular formula is C14H15ClN2O2S. The Labute approximate surface area is 126 Å². The van der Waals surface area contributed by atoms with Crippen molar-refractivity contribution in [2.45, 2.75) is 26.3 Å². The molecular weight excluding hydrogens is 296 g/mol. The van der Waals surface area contributed by atoms with Gasteiger partial charge in [0.2, 0.25) is 0 Å². The highest BCUT2D eigenvalue weighted by Gasteiger charge is 2.15. The molecule has 1 aromatic carbocycles. The number of hydrogen-bond acceptors (Lipinski definition) is 4. The first kappa shape index (κ1) is 14.8. The van der Waals surface area contributed by atoms with Gasteiger partial charge in [-0.25, -0.2) is 0 Å². The number of hydrogen-bond donors (Lipinski definition) is 1. The minimum atomic E-state index is -0.337. The van der Waals surface area contributed by atoms with Crippen LogP contribution < -0.4 is 5.32 Å². The van der Waals surface area contributed by atoms with Crippen molar-refractivity contribution in [1.82, 2.24) is 0 Å². The number of anilines is 1. The lowest BCUT2D eigenvalue weighted by molar-refractivity contribution is -0.385. The van der Waals surface area contributed by atoms with Gasteiger partial charge in [-0.2, -0.15) is 0 Å². The fraction of sp³-hybridized carbons (Fsp3) is 0.286. The predicted molar refractivity (Wildman–Crippen MR) is 83.8 cm³/mol. The molecule has 1 unspecified atom stereocenters. The van der Waals surface area contributed by atoms with Gasteiger partial charge in [0.25, 0.3) is 5.69 Å². The molecule has 106 valence electrons. The van der Waals surface area contributed by atoms with Gasteiger partial charge >= 0.3 is 0 Å². The van der Waals surface area contributed by atoms with Crippen LogP contribution in [0.4, 0.5) is 11.4 Å². The van der Waals surface area contributed by atoms with Crippen LogP contribution in [0.5, 0.6) is 0 Å². The van der Waals surface area contributed by atoms with Crippen LogP contribution in [-0.4, -0.2) is 4.92 Å². The van der Waals surface area contributed by atoms with Gasteiger partial charge in [-0.05, 0) is 31.5 Å². The lowest BCUT2D eigenvalue weighted by Gasteiger charge is -2.14. The summed E-state index contributed by atoms with van der Waals surface area (Å²) in [5.41, 5.74) is 1.65. The summed E-state index contributed by atoms with van der Waals surface area (Å²) in [5.74, 6) is 0. The summed E-state index contributed by atoms with van der Waals surface area (Å²) in [6.07, 6.45) is 0.646. The second kappa shape index (κ2) is 6.24. The summed E-state index contributed by atoms with van der Waals surface area (Å²) < 4.78 is 0.737. The van der Waals surface area contributed by atoms with E-state index in [1.165, 1.54) is 11.3 Å². The maximum absolute atomic E-state index is 11.1. The maximum atomic E-state index is 11.1. The summed E-state index contributed by atoms with van der Waals surface area (Å²) in [5, 5.41) is 14.3. The summed E-state index contributed by atoms with van der Waals surface area (Å²) in [6.45, 7) is 3.91. The zero-order valence-electron chi connectivity index (χ0n) is 11.2. The van der Waals surface area contributed by atoms with Crippen LogP contribution in [0.1, 0.15) is 30.3 Å². The topological polar surface area (TPSA) is 55.2 Å². The minimum absolute atomic E-state index is 0.0552. The zero-order valence-corrected chi connectivity index (χ0v) is 12.8. The van der Waals surface area contributed by atoms with Crippen molar-refractivity contribution in [2.24, 2.45) is 0 Å². The number of benzene rings is 1. The lowest BCUT2D eigenvalue weighted by Crippen LogP contribution is -2.05. The first-order valence-corrected chi connectivity index (χ1v) is 7.49. The Balaban J connectivity index is 2.21. The van der Waals surface area contributed by atoms with E-state index < -0.39 is 0 Å². The normalized spacial score (nSPS) is 12.2. The van der Waals surface area contributed by atoms with Gasteiger partial charge in [-0.1, -0.05) is 24.6 Å². The quantitative estimate of drug-likeness (QED) is 0.621. The second-order valence-electron chi connectivity index (χ2n) is 4.46. The molecule has 6 heteroatoms. The first-order chi connectivity index (χ1) is 9.51. The van der Waals surface area contributed by atoms with Crippen LogP contribution in [0.3, 0.4) is 0 Å². The van der Waals surface area contributed by atoms with Crippen molar-refractivity contribution in [2.75, 3.05) is 5.32 Å². The Bertz CT molecular complexity index is 627. The molecule has 0 spiro atoms. The third kappa shape index (κ3) is 3.29. The van der Waals surface area contributed by atoms with Gasteiger partial charge in [-0.15, -0.1) is 11.3 Å². The van der Waals surface area contributed by atoms with Crippen LogP contribution in [0.15, 0.2) is 30.3 Å². The van der Waals surface area contributed by atoms with Crippen molar-refractivity contribution in [3.8, 4) is 0 Å². The molecule has 0 aliphatic rings. The van der Waals surface area contributed by atoms with E-state index in [1.54, 1.807) is 12.1 Å². The molecule has 2 rings (SSSR count). The van der Waals surface area contributed by atoms with E-state index in [1.807, 2.05) is 32.0 Å². The van der Waals surface area contributed by atoms with E-state index in [0.717, 1.165) is 20.5 Å². The Morgan fingerprint density at radius 3 is 2.70 bits per heavy atom. The van der Waals surface area contributed by atoms with E-state index in [9.17, 15) is 10.1 Å². The maximum Gasteiger partial charge on any atom is 0.274 e. The standard InChI is InChI=1S/C14H15ClN2O2S/c1-3-10-4-5-11(8-12(10)17(18)19)16-9(2)13-6-7-14(15)20-13/h4-9,16H,3H2,1-2H3. The molecule has 1 aromatic heterocycles. The van der Waals surface area contributed by atoms with E-state index >= 15 is 0 Å². The Morgan fingerprint density at radius 1 is 1.40 bits per heavy atom. The molecule has 0 fully saturated rings. The number of halogens is 1. The molecule has 0 saturated heterocycles. The Hall–Kier alpha value is -1.59. The molecule has 0 amide bonds. The highest BCUT2D eigenvalue weighted by Crippen LogP contribution is 2.30. The second-order valence-corrected chi connectivity index (χ2v) is 6.21. The molecule has 0 aliphatic heterocycles. The van der Waals surface area contributed by atoms with Gasteiger partial charge in [0, 0.05) is 22.2 Å². The van der Waals surface area contributed by atoms with E-state index in [-0.39, 0.29) is 16.7 Å². The van der Waals surface area contributed by atoms with Crippen LogP contribution in [0, 0.1) is 10.1 Å². The average molecular weight is 311 g/mol. The van der Waals surface area contributed by atoms with Crippen LogP contribution in [0.2, 0.25) is 4.34 Å². The predicted octanol–water partition coefficient (Wildman–Crippen LogP) is 5.05. The molecule has 1 atom stereocenters. The van der Waals surface area contributed by atoms with Crippen LogP contribution >= 0.6 is 22.9 Å². The third-order valence-corrected chi connectivity index (χ3v) is 4.48. The molecule has 0 radical (unpaired) electrons. The highest BCUT2D eigenvalue weighted by molar-refractivity contribution is 7.16. The van der Waals surface area contributed by atoms with Gasteiger partial charge < -0.3 is 5.32 Å². The molecule has 0 aliphatic carbocycles. The van der Waals surface area contributed by atoms with Crippen molar-refractivity contribution in [1.29, 1.82) is 0 Å². The fourth-order valence-electron chi connectivity index (χ4n) is 2.00. The van der Waals surface area contributed by atoms with Gasteiger partial charge in [-0.3, -0.25) is 10.1 Å². The summed E-state index contributed by atoms with van der Waals surface area (Å²) in [6, 6.07) is 9.12. The van der Waals surface area contributed by atoms with Gasteiger partial charge in [0.05, 0.1) is 15.3 Å². The van der Waals surface area contributed by atoms with Crippen molar-refractivity contribution in [3.05, 3.63) is 55.2 Å². The Kier molecular flexibility index (Phi) is 4.62. The molecule has 20 heavy (non-hydrogen) atoms. The van der Waals surface area contributed by atoms with Crippen LogP contribution in [-0.2, 0) is 6.42 Å². The van der Waals surface area contributed by atoms with E-state index in [0.29, 0.717) is 6.42 Å². The number of aryl methyl sites for hydroxylation is 1. The molecule has 2 aromatic rings. The summed E-state index contributed by atoms with van der Waals surface area (Å²) >= 11 is 7.42. The zero-order chi connectivity index (χ0) is 14.7. The third-order valence-electron chi connectivity index (χ3n) is 3.07. The number of nitro benzene ring substituents is 1. The van der Waals surface area contributed by atoms with Gasteiger partial charge in [0.15, 0.2) is 0 Å². The fourth-order valence-corrected chi connectivity index (χ4v) is 3.07. The molecule has 0 bridgehead atoms. The molecule has 0 saturated carbocycles. The first-order valence-electron chi connectivity index (χ1n) is 6.30. The van der Waals surface area contributed by atoms with E-state index in [2.05, 4.69) is 5.32 Å². The average Bonchev–Trinajstić information content (AvgIpc) is 2.85. The van der Waals surface area contributed by atoms with Crippen molar-refractivity contribution < 1.29 is 4.92 Å². The number of nitro groups is 1. The number of rotatable bonds is 5. The highest BCUT2D eigenvalue weighted by atomic mass is 35.5. The smallest absolute Gasteiger partial charge is 0.274 e. The van der Waals surface area contributed by atoms with Crippen LogP contribution in [0.25, 0.3) is 0 Å². The number of nitrogens with zero attached hydrogens (tertiary/aromatic N) is 1. The molecule has 1 N–H and O–H groups in total. The van der Waals surface area contributed by atoms with Gasteiger partial charge in [0.1, 0.15) is 0 Å². The molecule has 1 heterocycles. The SMILES string of the molecule is CCc1ccc(NC(C)c2ccc(Cl)s2)cc1[N+](=O)[O-]. The monoisotopic (exact) mass is 310 g/mol. The number of nitrogens with one attached hydrogen (secondary N) is 1. The van der Waals surface area contributed by atoms with E-state index in [4.69, 9.17) is 11.6 Å². The lowest BCUT2D eigenvalue weighted by atomic mass is 10.1. The summed E-state index contributed by atoms with van der Waals surface area (Å²) in [7, 11) is 0. The summed E-state index contributed by atoms with van der Waals surface area (Å²) in [4.78, 5) is 11.8. The number of thiophene rings is 1. The Morgan fingerprint density at radius 2 is 2.15 bits per heavy atom. The minimum Gasteiger partial charge on any atom is -0.378 e. The van der Waals surface area contributed by atoms with Crippen molar-refractivity contribution >= 4 is 34.3 Å². The van der Waals surface area contributed by atoms with Crippen molar-refractivity contribution in [3.63, 3.8) is 0 Å². The molecule has 4 nitrogen and oxygen atoms in total.